The zero-order valence-corrected chi connectivity index (χ0v) is 15.5. The zero-order chi connectivity index (χ0) is 19.1. The van der Waals surface area contributed by atoms with Gasteiger partial charge in [-0.15, -0.1) is 0 Å². The average Bonchev–Trinajstić information content (AvgIpc) is 3.37. The van der Waals surface area contributed by atoms with Gasteiger partial charge in [0.2, 0.25) is 0 Å². The molecule has 0 fully saturated rings. The van der Waals surface area contributed by atoms with Crippen molar-refractivity contribution in [3.05, 3.63) is 95.1 Å². The summed E-state index contributed by atoms with van der Waals surface area (Å²) in [6, 6.07) is 23.1. The number of rotatable bonds is 2. The molecule has 5 rings (SSSR count). The van der Waals surface area contributed by atoms with E-state index in [4.69, 9.17) is 0 Å². The van der Waals surface area contributed by atoms with Gasteiger partial charge in [-0.05, 0) is 54.3 Å². The first-order valence-electron chi connectivity index (χ1n) is 9.62. The summed E-state index contributed by atoms with van der Waals surface area (Å²) >= 11 is 0. The molecule has 3 aromatic carbocycles. The second-order valence-electron chi connectivity index (χ2n) is 7.25. The first-order chi connectivity index (χ1) is 13.7. The number of fused-ring (bicyclic) bond motifs is 2. The minimum atomic E-state index is -0.0542. The maximum absolute atomic E-state index is 13.1. The standard InChI is InChI=1S/C24H20N2O2/c27-23(25-14-12-17-6-1-3-10-21(17)25)19-8-5-9-20(16-19)24(28)26-15-13-18-7-2-4-11-22(18)26/h1-11,16H,12-15H2. The van der Waals surface area contributed by atoms with Crippen molar-refractivity contribution >= 4 is 23.2 Å². The molecule has 0 saturated heterocycles. The van der Waals surface area contributed by atoms with Gasteiger partial charge in [0.05, 0.1) is 0 Å². The molecule has 4 nitrogen and oxygen atoms in total. The molecule has 0 aromatic heterocycles. The van der Waals surface area contributed by atoms with Gasteiger partial charge in [0, 0.05) is 35.6 Å². The Balaban J connectivity index is 1.43. The molecule has 0 saturated carbocycles. The van der Waals surface area contributed by atoms with E-state index in [1.165, 1.54) is 11.1 Å². The second-order valence-corrected chi connectivity index (χ2v) is 7.25. The van der Waals surface area contributed by atoms with Crippen molar-refractivity contribution in [3.63, 3.8) is 0 Å². The Morgan fingerprint density at radius 3 is 1.57 bits per heavy atom. The molecule has 0 N–H and O–H groups in total. The highest BCUT2D eigenvalue weighted by molar-refractivity contribution is 6.11. The number of anilines is 2. The maximum atomic E-state index is 13.1. The van der Waals surface area contributed by atoms with Crippen LogP contribution in [-0.2, 0) is 12.8 Å². The summed E-state index contributed by atoms with van der Waals surface area (Å²) in [5.74, 6) is -0.108. The molecule has 2 heterocycles. The van der Waals surface area contributed by atoms with Crippen LogP contribution in [0.5, 0.6) is 0 Å². The van der Waals surface area contributed by atoms with Crippen LogP contribution >= 0.6 is 0 Å². The SMILES string of the molecule is O=C(c1cccc(C(=O)N2CCc3ccccc32)c1)N1CCc2ccccc21. The Hall–Kier alpha value is -3.40. The van der Waals surface area contributed by atoms with Gasteiger partial charge in [-0.1, -0.05) is 42.5 Å². The number of hydrogen-bond acceptors (Lipinski definition) is 2. The minimum Gasteiger partial charge on any atom is -0.308 e. The molecule has 138 valence electrons. The first-order valence-corrected chi connectivity index (χ1v) is 9.62. The van der Waals surface area contributed by atoms with Crippen LogP contribution in [0.2, 0.25) is 0 Å². The van der Waals surface area contributed by atoms with Crippen molar-refractivity contribution in [2.24, 2.45) is 0 Å². The van der Waals surface area contributed by atoms with Crippen LogP contribution < -0.4 is 9.80 Å². The number of carbonyl (C=O) groups is 2. The highest BCUT2D eigenvalue weighted by atomic mass is 16.2. The van der Waals surface area contributed by atoms with Gasteiger partial charge in [0.1, 0.15) is 0 Å². The third-order valence-corrected chi connectivity index (χ3v) is 5.62. The Bertz CT molecular complexity index is 1010. The number of amides is 2. The number of nitrogens with zero attached hydrogens (tertiary/aromatic N) is 2. The molecular weight excluding hydrogens is 348 g/mol. The lowest BCUT2D eigenvalue weighted by Crippen LogP contribution is -2.31. The van der Waals surface area contributed by atoms with E-state index in [1.807, 2.05) is 46.2 Å². The Morgan fingerprint density at radius 2 is 1.07 bits per heavy atom. The van der Waals surface area contributed by atoms with Crippen molar-refractivity contribution in [2.45, 2.75) is 12.8 Å². The smallest absolute Gasteiger partial charge is 0.258 e. The molecule has 0 radical (unpaired) electrons. The lowest BCUT2D eigenvalue weighted by Gasteiger charge is -2.19. The first kappa shape index (κ1) is 16.8. The molecule has 4 heteroatoms. The topological polar surface area (TPSA) is 40.6 Å². The summed E-state index contributed by atoms with van der Waals surface area (Å²) in [5.41, 5.74) is 5.42. The van der Waals surface area contributed by atoms with Crippen LogP contribution in [0.3, 0.4) is 0 Å². The molecule has 0 spiro atoms. The lowest BCUT2D eigenvalue weighted by molar-refractivity contribution is 0.0988. The average molecular weight is 368 g/mol. The fourth-order valence-electron chi connectivity index (χ4n) is 4.20. The Labute approximate surface area is 164 Å². The fraction of sp³-hybridized carbons (Fsp3) is 0.167. The molecule has 2 aliphatic rings. The van der Waals surface area contributed by atoms with Crippen molar-refractivity contribution in [3.8, 4) is 0 Å². The van der Waals surface area contributed by atoms with Gasteiger partial charge in [-0.25, -0.2) is 0 Å². The molecule has 0 atom stereocenters. The minimum absolute atomic E-state index is 0.0542. The van der Waals surface area contributed by atoms with Crippen molar-refractivity contribution < 1.29 is 9.59 Å². The third kappa shape index (κ3) is 2.69. The van der Waals surface area contributed by atoms with Crippen LogP contribution in [0.15, 0.2) is 72.8 Å². The Morgan fingerprint density at radius 1 is 0.607 bits per heavy atom. The predicted molar refractivity (Wildman–Crippen MR) is 110 cm³/mol. The summed E-state index contributed by atoms with van der Waals surface area (Å²) in [7, 11) is 0. The highest BCUT2D eigenvalue weighted by Gasteiger charge is 2.28. The third-order valence-electron chi connectivity index (χ3n) is 5.62. The zero-order valence-electron chi connectivity index (χ0n) is 15.5. The van der Waals surface area contributed by atoms with Gasteiger partial charge in [-0.3, -0.25) is 9.59 Å². The van der Waals surface area contributed by atoms with E-state index in [0.717, 1.165) is 24.2 Å². The largest absolute Gasteiger partial charge is 0.308 e. The molecule has 3 aromatic rings. The van der Waals surface area contributed by atoms with Crippen molar-refractivity contribution in [1.29, 1.82) is 0 Å². The summed E-state index contributed by atoms with van der Waals surface area (Å²) < 4.78 is 0. The number of carbonyl (C=O) groups excluding carboxylic acids is 2. The van der Waals surface area contributed by atoms with Crippen LogP contribution in [0.25, 0.3) is 0 Å². The number of para-hydroxylation sites is 2. The molecular formula is C24H20N2O2. The van der Waals surface area contributed by atoms with E-state index in [0.29, 0.717) is 24.2 Å². The van der Waals surface area contributed by atoms with Crippen molar-refractivity contribution in [1.82, 2.24) is 0 Å². The van der Waals surface area contributed by atoms with E-state index >= 15 is 0 Å². The predicted octanol–water partition coefficient (Wildman–Crippen LogP) is 4.09. The molecule has 0 unspecified atom stereocenters. The maximum Gasteiger partial charge on any atom is 0.258 e. The normalized spacial score (nSPS) is 14.7. The highest BCUT2D eigenvalue weighted by Crippen LogP contribution is 2.30. The molecule has 0 bridgehead atoms. The van der Waals surface area contributed by atoms with Crippen LogP contribution in [0.1, 0.15) is 31.8 Å². The molecule has 2 amide bonds. The summed E-state index contributed by atoms with van der Waals surface area (Å²) in [4.78, 5) is 29.8. The van der Waals surface area contributed by atoms with Crippen LogP contribution in [0.4, 0.5) is 11.4 Å². The Kier molecular flexibility index (Phi) is 3.97. The van der Waals surface area contributed by atoms with Gasteiger partial charge in [0.15, 0.2) is 0 Å². The monoisotopic (exact) mass is 368 g/mol. The number of benzene rings is 3. The van der Waals surface area contributed by atoms with Gasteiger partial charge >= 0.3 is 0 Å². The molecule has 28 heavy (non-hydrogen) atoms. The quantitative estimate of drug-likeness (QED) is 0.683. The lowest BCUT2D eigenvalue weighted by atomic mass is 10.1. The van der Waals surface area contributed by atoms with Crippen LogP contribution in [0, 0.1) is 0 Å². The van der Waals surface area contributed by atoms with E-state index < -0.39 is 0 Å². The van der Waals surface area contributed by atoms with E-state index in [9.17, 15) is 9.59 Å². The summed E-state index contributed by atoms with van der Waals surface area (Å²) in [6.07, 6.45) is 1.73. The van der Waals surface area contributed by atoms with Gasteiger partial charge in [-0.2, -0.15) is 0 Å². The molecule has 0 aliphatic carbocycles. The molecule has 2 aliphatic heterocycles. The van der Waals surface area contributed by atoms with Gasteiger partial charge in [0.25, 0.3) is 11.8 Å². The van der Waals surface area contributed by atoms with E-state index in [-0.39, 0.29) is 11.8 Å². The van der Waals surface area contributed by atoms with Gasteiger partial charge < -0.3 is 9.80 Å². The summed E-state index contributed by atoms with van der Waals surface area (Å²) in [5, 5.41) is 0. The fourth-order valence-corrected chi connectivity index (χ4v) is 4.20. The van der Waals surface area contributed by atoms with E-state index in [2.05, 4.69) is 12.1 Å². The van der Waals surface area contributed by atoms with Crippen LogP contribution in [-0.4, -0.2) is 24.9 Å². The van der Waals surface area contributed by atoms with E-state index in [1.54, 1.807) is 24.3 Å². The second kappa shape index (κ2) is 6.64. The van der Waals surface area contributed by atoms with Crippen molar-refractivity contribution in [2.75, 3.05) is 22.9 Å². The number of hydrogen-bond donors (Lipinski definition) is 0. The summed E-state index contributed by atoms with van der Waals surface area (Å²) in [6.45, 7) is 1.35.